The number of pyridine rings is 1. The van der Waals surface area contributed by atoms with Crippen LogP contribution in [0.25, 0.3) is 0 Å². The van der Waals surface area contributed by atoms with E-state index in [1.807, 2.05) is 17.0 Å². The Balaban J connectivity index is 1.82. The van der Waals surface area contributed by atoms with Crippen molar-refractivity contribution in [3.8, 4) is 0 Å². The van der Waals surface area contributed by atoms with E-state index in [2.05, 4.69) is 10.3 Å². The number of urea groups is 1. The molecule has 1 atom stereocenters. The molecule has 2 heterocycles. The number of likely N-dealkylation sites (tertiary alicyclic amines) is 1. The van der Waals surface area contributed by atoms with Gasteiger partial charge in [-0.2, -0.15) is 0 Å². The molecule has 1 unspecified atom stereocenters. The molecule has 1 N–H and O–H groups in total. The first kappa shape index (κ1) is 16.4. The van der Waals surface area contributed by atoms with Gasteiger partial charge in [0.2, 0.25) is 0 Å². The number of benzene rings is 1. The lowest BCUT2D eigenvalue weighted by Gasteiger charge is -2.30. The lowest BCUT2D eigenvalue weighted by Crippen LogP contribution is -2.38. The van der Waals surface area contributed by atoms with Crippen LogP contribution in [-0.4, -0.2) is 22.5 Å². The molecule has 126 valence electrons. The zero-order valence-corrected chi connectivity index (χ0v) is 13.8. The average molecular weight is 327 g/mol. The number of amides is 2. The highest BCUT2D eigenvalue weighted by atomic mass is 19.1. The van der Waals surface area contributed by atoms with E-state index in [4.69, 9.17) is 0 Å². The summed E-state index contributed by atoms with van der Waals surface area (Å²) in [5, 5.41) is 2.94. The Labute approximate surface area is 141 Å². The predicted molar refractivity (Wildman–Crippen MR) is 92.3 cm³/mol. The monoisotopic (exact) mass is 327 g/mol. The smallest absolute Gasteiger partial charge is 0.317 e. The van der Waals surface area contributed by atoms with Crippen LogP contribution in [-0.2, 0) is 0 Å². The van der Waals surface area contributed by atoms with Crippen LogP contribution in [0.4, 0.5) is 14.9 Å². The summed E-state index contributed by atoms with van der Waals surface area (Å²) in [6.07, 6.45) is 7.70. The predicted octanol–water partition coefficient (Wildman–Crippen LogP) is 4.68. The van der Waals surface area contributed by atoms with Crippen LogP contribution in [0.2, 0.25) is 0 Å². The first-order valence-corrected chi connectivity index (χ1v) is 8.39. The van der Waals surface area contributed by atoms with E-state index in [0.29, 0.717) is 5.69 Å². The maximum atomic E-state index is 13.2. The number of aryl methyl sites for hydroxylation is 1. The van der Waals surface area contributed by atoms with Gasteiger partial charge in [0.05, 0.1) is 6.04 Å². The van der Waals surface area contributed by atoms with Crippen LogP contribution < -0.4 is 5.32 Å². The second kappa shape index (κ2) is 7.43. The summed E-state index contributed by atoms with van der Waals surface area (Å²) < 4.78 is 13.2. The number of anilines is 1. The fourth-order valence-electron chi connectivity index (χ4n) is 3.24. The highest BCUT2D eigenvalue weighted by Crippen LogP contribution is 2.30. The summed E-state index contributed by atoms with van der Waals surface area (Å²) in [7, 11) is 0. The van der Waals surface area contributed by atoms with Crippen molar-refractivity contribution in [2.45, 2.75) is 38.6 Å². The summed E-state index contributed by atoms with van der Waals surface area (Å²) in [4.78, 5) is 18.8. The minimum absolute atomic E-state index is 0.0521. The molecule has 5 heteroatoms. The van der Waals surface area contributed by atoms with Crippen molar-refractivity contribution in [2.75, 3.05) is 11.9 Å². The third-order valence-electron chi connectivity index (χ3n) is 4.53. The van der Waals surface area contributed by atoms with Gasteiger partial charge in [-0.15, -0.1) is 0 Å². The van der Waals surface area contributed by atoms with Crippen molar-refractivity contribution >= 4 is 11.7 Å². The quantitative estimate of drug-likeness (QED) is 0.870. The Morgan fingerprint density at radius 2 is 2.00 bits per heavy atom. The number of nitrogens with zero attached hydrogens (tertiary/aromatic N) is 2. The summed E-state index contributed by atoms with van der Waals surface area (Å²) in [5.74, 6) is -0.296. The number of carbonyl (C=O) groups is 1. The number of aromatic nitrogens is 1. The van der Waals surface area contributed by atoms with Crippen LogP contribution in [0.3, 0.4) is 0 Å². The molecular weight excluding hydrogens is 305 g/mol. The van der Waals surface area contributed by atoms with Crippen LogP contribution >= 0.6 is 0 Å². The van der Waals surface area contributed by atoms with Gasteiger partial charge in [-0.1, -0.05) is 12.8 Å². The van der Waals surface area contributed by atoms with Crippen LogP contribution in [0.15, 0.2) is 42.7 Å². The molecule has 4 nitrogen and oxygen atoms in total. The van der Waals surface area contributed by atoms with Gasteiger partial charge >= 0.3 is 6.03 Å². The normalized spacial score (nSPS) is 18.1. The van der Waals surface area contributed by atoms with Crippen molar-refractivity contribution in [3.63, 3.8) is 0 Å². The second-order valence-corrected chi connectivity index (χ2v) is 6.23. The van der Waals surface area contributed by atoms with Crippen LogP contribution in [0.5, 0.6) is 0 Å². The average Bonchev–Trinajstić information content (AvgIpc) is 2.84. The lowest BCUT2D eigenvalue weighted by atomic mass is 10.0. The minimum Gasteiger partial charge on any atom is -0.317 e. The number of nitrogens with one attached hydrogen (secondary N) is 1. The van der Waals surface area contributed by atoms with Gasteiger partial charge in [-0.3, -0.25) is 4.98 Å². The largest absolute Gasteiger partial charge is 0.322 e. The van der Waals surface area contributed by atoms with Gasteiger partial charge in [-0.05, 0) is 61.2 Å². The molecule has 1 aromatic carbocycles. The molecule has 2 amide bonds. The van der Waals surface area contributed by atoms with Crippen LogP contribution in [0, 0.1) is 12.7 Å². The number of rotatable bonds is 2. The maximum Gasteiger partial charge on any atom is 0.322 e. The number of hydrogen-bond acceptors (Lipinski definition) is 2. The molecule has 2 aromatic rings. The molecule has 1 aromatic heterocycles. The second-order valence-electron chi connectivity index (χ2n) is 6.23. The molecule has 0 spiro atoms. The molecule has 0 aliphatic carbocycles. The summed E-state index contributed by atoms with van der Waals surface area (Å²) in [6, 6.07) is 8.27. The molecule has 3 rings (SSSR count). The summed E-state index contributed by atoms with van der Waals surface area (Å²) in [6.45, 7) is 2.51. The zero-order valence-electron chi connectivity index (χ0n) is 13.8. The van der Waals surface area contributed by atoms with Gasteiger partial charge in [0.15, 0.2) is 0 Å². The molecule has 1 fully saturated rings. The third-order valence-corrected chi connectivity index (χ3v) is 4.53. The molecule has 0 bridgehead atoms. The van der Waals surface area contributed by atoms with Crippen LogP contribution in [0.1, 0.15) is 42.9 Å². The van der Waals surface area contributed by atoms with E-state index in [0.717, 1.165) is 43.4 Å². The lowest BCUT2D eigenvalue weighted by molar-refractivity contribution is 0.189. The van der Waals surface area contributed by atoms with Gasteiger partial charge in [0.1, 0.15) is 5.82 Å². The first-order valence-electron chi connectivity index (χ1n) is 8.39. The van der Waals surface area contributed by atoms with Gasteiger partial charge < -0.3 is 10.2 Å². The molecule has 0 radical (unpaired) electrons. The minimum atomic E-state index is -0.296. The molecule has 1 aliphatic rings. The van der Waals surface area contributed by atoms with Gasteiger partial charge in [0.25, 0.3) is 0 Å². The van der Waals surface area contributed by atoms with Crippen molar-refractivity contribution in [2.24, 2.45) is 0 Å². The van der Waals surface area contributed by atoms with E-state index in [1.165, 1.54) is 12.1 Å². The Hall–Kier alpha value is -2.43. The van der Waals surface area contributed by atoms with E-state index < -0.39 is 0 Å². The SMILES string of the molecule is Cc1cc(F)ccc1NC(=O)N1CCCCCC1c1ccncc1. The molecule has 1 saturated heterocycles. The highest BCUT2D eigenvalue weighted by Gasteiger charge is 2.27. The van der Waals surface area contributed by atoms with E-state index in [9.17, 15) is 9.18 Å². The Morgan fingerprint density at radius 3 is 2.75 bits per heavy atom. The van der Waals surface area contributed by atoms with E-state index >= 15 is 0 Å². The summed E-state index contributed by atoms with van der Waals surface area (Å²) in [5.41, 5.74) is 2.48. The van der Waals surface area contributed by atoms with Crippen molar-refractivity contribution < 1.29 is 9.18 Å². The fraction of sp³-hybridized carbons (Fsp3) is 0.368. The molecule has 0 saturated carbocycles. The number of halogens is 1. The number of hydrogen-bond donors (Lipinski definition) is 1. The fourth-order valence-corrected chi connectivity index (χ4v) is 3.24. The maximum absolute atomic E-state index is 13.2. The van der Waals surface area contributed by atoms with E-state index in [-0.39, 0.29) is 17.9 Å². The Bertz CT molecular complexity index is 705. The van der Waals surface area contributed by atoms with Gasteiger partial charge in [0, 0.05) is 24.6 Å². The Kier molecular flexibility index (Phi) is 5.08. The van der Waals surface area contributed by atoms with Gasteiger partial charge in [-0.25, -0.2) is 9.18 Å². The van der Waals surface area contributed by atoms with Crippen molar-refractivity contribution in [1.82, 2.24) is 9.88 Å². The molecule has 1 aliphatic heterocycles. The summed E-state index contributed by atoms with van der Waals surface area (Å²) >= 11 is 0. The third kappa shape index (κ3) is 3.72. The Morgan fingerprint density at radius 1 is 1.21 bits per heavy atom. The molecule has 24 heavy (non-hydrogen) atoms. The van der Waals surface area contributed by atoms with E-state index in [1.54, 1.807) is 25.4 Å². The highest BCUT2D eigenvalue weighted by molar-refractivity contribution is 5.90. The number of carbonyl (C=O) groups excluding carboxylic acids is 1. The van der Waals surface area contributed by atoms with Crippen molar-refractivity contribution in [1.29, 1.82) is 0 Å². The van der Waals surface area contributed by atoms with Crippen molar-refractivity contribution in [3.05, 3.63) is 59.7 Å². The molecular formula is C19H22FN3O. The zero-order chi connectivity index (χ0) is 16.9. The standard InChI is InChI=1S/C19H22FN3O/c1-14-13-16(20)6-7-17(14)22-19(24)23-12-4-2-3-5-18(23)15-8-10-21-11-9-15/h6-11,13,18H,2-5,12H2,1H3,(H,22,24). The topological polar surface area (TPSA) is 45.2 Å². The first-order chi connectivity index (χ1) is 11.6.